The van der Waals surface area contributed by atoms with Gasteiger partial charge in [-0.3, -0.25) is 0 Å². The molecule has 132 valence electrons. The fraction of sp³-hybridized carbons (Fsp3) is 0.250. The second kappa shape index (κ2) is 7.83. The first kappa shape index (κ1) is 17.6. The van der Waals surface area contributed by atoms with E-state index in [4.69, 9.17) is 0 Å². The number of hydrogen-bond acceptors (Lipinski definition) is 1. The van der Waals surface area contributed by atoms with E-state index in [-0.39, 0.29) is 0 Å². The first-order valence-corrected chi connectivity index (χ1v) is 10.4. The van der Waals surface area contributed by atoms with E-state index in [2.05, 4.69) is 101 Å². The van der Waals surface area contributed by atoms with Crippen LogP contribution in [0.5, 0.6) is 0 Å². The molecule has 26 heavy (non-hydrogen) atoms. The summed E-state index contributed by atoms with van der Waals surface area (Å²) in [6, 6.07) is 24.1. The minimum atomic E-state index is 0.947. The van der Waals surface area contributed by atoms with Gasteiger partial charge in [0, 0.05) is 22.3 Å². The van der Waals surface area contributed by atoms with Crippen molar-refractivity contribution in [3.05, 3.63) is 98.1 Å². The van der Waals surface area contributed by atoms with Gasteiger partial charge in [-0.15, -0.1) is 0 Å². The van der Waals surface area contributed by atoms with Gasteiger partial charge in [-0.05, 0) is 82.7 Å². The molecule has 0 unspecified atom stereocenters. The summed E-state index contributed by atoms with van der Waals surface area (Å²) in [7, 11) is 0. The zero-order chi connectivity index (χ0) is 17.9. The van der Waals surface area contributed by atoms with E-state index in [1.54, 1.807) is 11.1 Å². The number of anilines is 1. The third-order valence-electron chi connectivity index (χ3n) is 5.26. The molecule has 0 radical (unpaired) electrons. The third kappa shape index (κ3) is 3.66. The van der Waals surface area contributed by atoms with Crippen LogP contribution in [-0.4, -0.2) is 0 Å². The Morgan fingerprint density at radius 1 is 0.808 bits per heavy atom. The minimum Gasteiger partial charge on any atom is -0.363 e. The number of halogens is 1. The normalized spacial score (nSPS) is 12.8. The molecule has 1 aliphatic carbocycles. The second-order valence-electron chi connectivity index (χ2n) is 7.16. The predicted molar refractivity (Wildman–Crippen MR) is 119 cm³/mol. The molecular weight excluding hydrogens is 429 g/mol. The molecular formula is C24H24IN. The molecule has 0 bridgehead atoms. The van der Waals surface area contributed by atoms with Crippen molar-refractivity contribution in [1.29, 1.82) is 0 Å². The van der Waals surface area contributed by atoms with Gasteiger partial charge in [0.2, 0.25) is 0 Å². The van der Waals surface area contributed by atoms with Gasteiger partial charge in [0.05, 0.1) is 0 Å². The Labute approximate surface area is 170 Å². The van der Waals surface area contributed by atoms with Gasteiger partial charge in [0.15, 0.2) is 0 Å². The summed E-state index contributed by atoms with van der Waals surface area (Å²) in [5.74, 6) is 0. The monoisotopic (exact) mass is 453 g/mol. The highest BCUT2D eigenvalue weighted by Crippen LogP contribution is 2.37. The van der Waals surface area contributed by atoms with Gasteiger partial charge < -0.3 is 4.90 Å². The Balaban J connectivity index is 1.76. The Hall–Kier alpha value is -1.81. The summed E-state index contributed by atoms with van der Waals surface area (Å²) >= 11 is 2.54. The van der Waals surface area contributed by atoms with E-state index >= 15 is 0 Å². The molecule has 0 N–H and O–H groups in total. The summed E-state index contributed by atoms with van der Waals surface area (Å²) in [6.45, 7) is 4.15. The molecule has 1 aliphatic rings. The van der Waals surface area contributed by atoms with Crippen molar-refractivity contribution in [3.63, 3.8) is 0 Å². The fourth-order valence-electron chi connectivity index (χ4n) is 3.98. The number of fused-ring (bicyclic) bond motifs is 1. The molecule has 4 rings (SSSR count). The van der Waals surface area contributed by atoms with Crippen LogP contribution in [0.25, 0.3) is 0 Å². The molecule has 0 saturated heterocycles. The molecule has 0 amide bonds. The quantitative estimate of drug-likeness (QED) is 0.410. The van der Waals surface area contributed by atoms with Gasteiger partial charge in [0.1, 0.15) is 0 Å². The van der Waals surface area contributed by atoms with Gasteiger partial charge in [-0.25, -0.2) is 0 Å². The molecule has 0 aliphatic heterocycles. The average Bonchev–Trinajstić information content (AvgIpc) is 3.16. The predicted octanol–water partition coefficient (Wildman–Crippen LogP) is 6.30. The number of aryl methyl sites for hydroxylation is 1. The Kier molecular flexibility index (Phi) is 5.30. The van der Waals surface area contributed by atoms with Crippen LogP contribution in [0.15, 0.2) is 66.7 Å². The SMILES string of the molecule is Cc1cc(N(Cc2ccccc2)Cc2ccccc2)c2c(c1I)CCC2. The molecule has 2 heteroatoms. The van der Waals surface area contributed by atoms with E-state index in [0.29, 0.717) is 0 Å². The first-order valence-electron chi connectivity index (χ1n) is 9.36. The van der Waals surface area contributed by atoms with Crippen LogP contribution in [0.4, 0.5) is 5.69 Å². The number of nitrogens with zero attached hydrogens (tertiary/aromatic N) is 1. The van der Waals surface area contributed by atoms with Gasteiger partial charge >= 0.3 is 0 Å². The first-order chi connectivity index (χ1) is 12.7. The smallest absolute Gasteiger partial charge is 0.0433 e. The number of rotatable bonds is 5. The van der Waals surface area contributed by atoms with Crippen molar-refractivity contribution >= 4 is 28.3 Å². The van der Waals surface area contributed by atoms with Crippen LogP contribution in [0, 0.1) is 10.5 Å². The van der Waals surface area contributed by atoms with Crippen LogP contribution >= 0.6 is 22.6 Å². The maximum atomic E-state index is 2.57. The van der Waals surface area contributed by atoms with Gasteiger partial charge in [0.25, 0.3) is 0 Å². The van der Waals surface area contributed by atoms with E-state index < -0.39 is 0 Å². The van der Waals surface area contributed by atoms with Crippen molar-refractivity contribution in [2.75, 3.05) is 4.90 Å². The van der Waals surface area contributed by atoms with Crippen molar-refractivity contribution in [2.24, 2.45) is 0 Å². The van der Waals surface area contributed by atoms with Crippen molar-refractivity contribution in [1.82, 2.24) is 0 Å². The van der Waals surface area contributed by atoms with Crippen LogP contribution in [-0.2, 0) is 25.9 Å². The molecule has 0 saturated carbocycles. The van der Waals surface area contributed by atoms with Gasteiger partial charge in [-0.2, -0.15) is 0 Å². The van der Waals surface area contributed by atoms with E-state index in [1.807, 2.05) is 0 Å². The molecule has 3 aromatic rings. The topological polar surface area (TPSA) is 3.24 Å². The highest BCUT2D eigenvalue weighted by molar-refractivity contribution is 14.1. The van der Waals surface area contributed by atoms with E-state index in [0.717, 1.165) is 13.1 Å². The second-order valence-corrected chi connectivity index (χ2v) is 8.24. The zero-order valence-corrected chi connectivity index (χ0v) is 17.4. The number of benzene rings is 3. The average molecular weight is 453 g/mol. The molecule has 0 fully saturated rings. The summed E-state index contributed by atoms with van der Waals surface area (Å²) in [5.41, 5.74) is 8.74. The summed E-state index contributed by atoms with van der Waals surface area (Å²) < 4.78 is 1.47. The van der Waals surface area contributed by atoms with Gasteiger partial charge in [-0.1, -0.05) is 60.7 Å². The largest absolute Gasteiger partial charge is 0.363 e. The highest BCUT2D eigenvalue weighted by Gasteiger charge is 2.22. The lowest BCUT2D eigenvalue weighted by molar-refractivity contribution is 0.791. The molecule has 3 aromatic carbocycles. The Bertz CT molecular complexity index is 846. The molecule has 0 spiro atoms. The zero-order valence-electron chi connectivity index (χ0n) is 15.2. The maximum absolute atomic E-state index is 2.57. The highest BCUT2D eigenvalue weighted by atomic mass is 127. The van der Waals surface area contributed by atoms with Crippen LogP contribution in [0.3, 0.4) is 0 Å². The molecule has 0 heterocycles. The maximum Gasteiger partial charge on any atom is 0.0433 e. The van der Waals surface area contributed by atoms with Crippen molar-refractivity contribution < 1.29 is 0 Å². The molecule has 1 nitrogen and oxygen atoms in total. The molecule has 0 atom stereocenters. The summed E-state index contributed by atoms with van der Waals surface area (Å²) in [5, 5.41) is 0. The van der Waals surface area contributed by atoms with E-state index in [1.165, 1.54) is 45.2 Å². The van der Waals surface area contributed by atoms with E-state index in [9.17, 15) is 0 Å². The standard InChI is InChI=1S/C24H24IN/c1-18-15-23(21-13-8-14-22(21)24(18)25)26(16-19-9-4-2-5-10-19)17-20-11-6-3-7-12-20/h2-7,9-12,15H,8,13-14,16-17H2,1H3. The lowest BCUT2D eigenvalue weighted by atomic mass is 10.0. The summed E-state index contributed by atoms with van der Waals surface area (Å²) in [4.78, 5) is 2.57. The van der Waals surface area contributed by atoms with Crippen molar-refractivity contribution in [2.45, 2.75) is 39.3 Å². The van der Waals surface area contributed by atoms with Crippen molar-refractivity contribution in [3.8, 4) is 0 Å². The lowest BCUT2D eigenvalue weighted by Gasteiger charge is -2.29. The van der Waals surface area contributed by atoms with Crippen LogP contribution in [0.2, 0.25) is 0 Å². The minimum absolute atomic E-state index is 0.947. The molecule has 0 aromatic heterocycles. The summed E-state index contributed by atoms with van der Waals surface area (Å²) in [6.07, 6.45) is 3.72. The van der Waals surface area contributed by atoms with Crippen LogP contribution in [0.1, 0.15) is 34.2 Å². The Morgan fingerprint density at radius 2 is 1.35 bits per heavy atom. The number of hydrogen-bond donors (Lipinski definition) is 0. The Morgan fingerprint density at radius 3 is 1.92 bits per heavy atom. The van der Waals surface area contributed by atoms with Crippen LogP contribution < -0.4 is 4.90 Å². The lowest BCUT2D eigenvalue weighted by Crippen LogP contribution is -2.23. The fourth-order valence-corrected chi connectivity index (χ4v) is 4.73. The third-order valence-corrected chi connectivity index (χ3v) is 6.77.